The molecule has 8 heterocycles. The van der Waals surface area contributed by atoms with Crippen LogP contribution in [0.1, 0.15) is 149 Å². The van der Waals surface area contributed by atoms with Gasteiger partial charge in [0.25, 0.3) is 0 Å². The molecule has 3 aliphatic heterocycles. The summed E-state index contributed by atoms with van der Waals surface area (Å²) in [6.07, 6.45) is 2.39. The first kappa shape index (κ1) is 75.6. The van der Waals surface area contributed by atoms with Gasteiger partial charge in [0.2, 0.25) is 29.5 Å². The standard InChI is InChI=1S/C73H86Cl2N14O9S4/c1-41-44(4)101-71-61(41)63(49-18-22-52(74)23-19-49)80-55(67-85-83-46(6)88(67)71)35-58(91)76-26-12-10-11-13-33-100-73(8,9)66(70(95)87-38-54(90)34-57(87)69(94)78-37-48-14-16-51(17-15-48)65-43(3)79-40-99-65)82-60(93)39-98-32-31-97-30-29-96-28-27-77-59(92)36-56-68-86-84-47(7)89(68)72-62(42(2)45(5)102-72)64(81-56)50-20-24-53(75)25-21-50/h14-25,40,54-57,66,90H,10-13,26-39H2,1-9H3,(H,76,91)(H,77,92)(H,78,94)(H,82,93)/t54-,55+,56+,57+,66-/m1/s1. The topological polar surface area (TPSA) is 284 Å². The van der Waals surface area contributed by atoms with Crippen molar-refractivity contribution in [2.45, 2.75) is 149 Å². The Kier molecular flexibility index (Phi) is 25.5. The van der Waals surface area contributed by atoms with Crippen molar-refractivity contribution >= 4 is 110 Å². The predicted molar refractivity (Wildman–Crippen MR) is 401 cm³/mol. The zero-order valence-electron chi connectivity index (χ0n) is 58.7. The molecule has 23 nitrogen and oxygen atoms in total. The van der Waals surface area contributed by atoms with Gasteiger partial charge in [-0.25, -0.2) is 4.98 Å². The van der Waals surface area contributed by atoms with Gasteiger partial charge in [-0.15, -0.1) is 54.4 Å². The third-order valence-electron chi connectivity index (χ3n) is 18.4. The van der Waals surface area contributed by atoms with Crippen molar-refractivity contribution < 1.29 is 43.3 Å². The minimum Gasteiger partial charge on any atom is -0.391 e. The van der Waals surface area contributed by atoms with Gasteiger partial charge < -0.3 is 45.5 Å². The SMILES string of the molecule is Cc1ncsc1-c1ccc(CNC(=O)[C@@H]2C[C@@H](O)CN2C(=O)[C@@H](NC(=O)COCCOCCOCCNC(=O)C[C@@H]2N=C(c3ccc(Cl)cc3)c3c(sc(C)c3C)-n3c(C)nnc32)C(C)(C)SCCCCCCNC(=O)C[C@@H]2N=C(c3ccc(Cl)cc3)c3c(sc(C)c3C)-n3c(C)nnc32)cc1. The van der Waals surface area contributed by atoms with Gasteiger partial charge >= 0.3 is 0 Å². The number of carbonyl (C=O) groups excluding carboxylic acids is 5. The molecule has 0 spiro atoms. The highest BCUT2D eigenvalue weighted by Gasteiger charge is 2.46. The number of nitrogens with zero attached hydrogens (tertiary/aromatic N) is 10. The third kappa shape index (κ3) is 18.0. The van der Waals surface area contributed by atoms with Crippen molar-refractivity contribution in [3.8, 4) is 20.4 Å². The first-order chi connectivity index (χ1) is 49.0. The lowest BCUT2D eigenvalue weighted by Gasteiger charge is -2.37. The Balaban J connectivity index is 0.637. The van der Waals surface area contributed by atoms with Crippen LogP contribution in [-0.4, -0.2) is 173 Å². The number of thiophene rings is 2. The Morgan fingerprint density at radius 2 is 1.16 bits per heavy atom. The van der Waals surface area contributed by atoms with Crippen LogP contribution in [0.25, 0.3) is 20.4 Å². The molecule has 0 bridgehead atoms. The van der Waals surface area contributed by atoms with E-state index in [0.29, 0.717) is 45.6 Å². The number of nitrogens with one attached hydrogen (secondary N) is 4. The summed E-state index contributed by atoms with van der Waals surface area (Å²) in [6.45, 7) is 19.3. The number of likely N-dealkylation sites (tertiary alicyclic amines) is 1. The molecule has 1 fully saturated rings. The maximum atomic E-state index is 14.9. The number of ether oxygens (including phenoxy) is 3. The summed E-state index contributed by atoms with van der Waals surface area (Å²) in [5.74, 6) is 1.45. The summed E-state index contributed by atoms with van der Waals surface area (Å²) >= 11 is 19.0. The van der Waals surface area contributed by atoms with Crippen LogP contribution in [0.3, 0.4) is 0 Å². The van der Waals surface area contributed by atoms with Crippen LogP contribution in [0.4, 0.5) is 0 Å². The Labute approximate surface area is 620 Å². The van der Waals surface area contributed by atoms with Crippen molar-refractivity contribution in [3.05, 3.63) is 166 Å². The Morgan fingerprint density at radius 3 is 1.71 bits per heavy atom. The highest BCUT2D eigenvalue weighted by atomic mass is 35.5. The first-order valence-electron chi connectivity index (χ1n) is 34.2. The molecule has 8 aromatic rings. The highest BCUT2D eigenvalue weighted by molar-refractivity contribution is 8.00. The number of aromatic nitrogens is 7. The lowest BCUT2D eigenvalue weighted by molar-refractivity contribution is -0.142. The number of thiazole rings is 1. The van der Waals surface area contributed by atoms with Crippen molar-refractivity contribution in [1.29, 1.82) is 0 Å². The van der Waals surface area contributed by atoms with Crippen LogP contribution >= 0.6 is 69.0 Å². The van der Waals surface area contributed by atoms with Gasteiger partial charge in [0.05, 0.1) is 79.5 Å². The van der Waals surface area contributed by atoms with Gasteiger partial charge in [-0.2, -0.15) is 11.8 Å². The van der Waals surface area contributed by atoms with Gasteiger partial charge in [0.1, 0.15) is 52.4 Å². The van der Waals surface area contributed by atoms with Gasteiger partial charge in [0, 0.05) is 79.4 Å². The van der Waals surface area contributed by atoms with Crippen LogP contribution in [0.15, 0.2) is 88.3 Å². The number of benzene rings is 3. The second kappa shape index (κ2) is 34.4. The number of amides is 5. The summed E-state index contributed by atoms with van der Waals surface area (Å²) < 4.78 is 20.4. The van der Waals surface area contributed by atoms with E-state index in [0.717, 1.165) is 112 Å². The van der Waals surface area contributed by atoms with Crippen molar-refractivity contribution in [2.24, 2.45) is 9.98 Å². The van der Waals surface area contributed by atoms with Gasteiger partial charge in [-0.05, 0) is 127 Å². The number of thioether (sulfide) groups is 1. The fourth-order valence-electron chi connectivity index (χ4n) is 12.7. The summed E-state index contributed by atoms with van der Waals surface area (Å²) in [6, 6.07) is 19.7. The van der Waals surface area contributed by atoms with Gasteiger partial charge in [0.15, 0.2) is 11.6 Å². The number of β-amino-alcohol motifs (C(OH)–C–C–N with tert-alkyl or cyclic N) is 1. The molecule has 3 aromatic carbocycles. The number of aliphatic hydroxyl groups is 1. The molecule has 3 aliphatic rings. The second-order valence-corrected chi connectivity index (χ2v) is 32.0. The molecule has 0 radical (unpaired) electrons. The van der Waals surface area contributed by atoms with Gasteiger partial charge in [-0.3, -0.25) is 43.1 Å². The number of aliphatic imine (C=N–C) groups is 2. The third-order valence-corrected chi connectivity index (χ3v) is 23.8. The van der Waals surface area contributed by atoms with E-state index in [1.807, 2.05) is 122 Å². The second-order valence-electron chi connectivity index (χ2n) is 26.1. The number of unbranched alkanes of at least 4 members (excludes halogenated alkanes) is 3. The van der Waals surface area contributed by atoms with E-state index in [-0.39, 0.29) is 90.4 Å². The van der Waals surface area contributed by atoms with E-state index >= 15 is 0 Å². The number of rotatable bonds is 32. The van der Waals surface area contributed by atoms with Crippen molar-refractivity contribution in [2.75, 3.05) is 65.0 Å². The quantitative estimate of drug-likeness (QED) is 0.0245. The van der Waals surface area contributed by atoms with Crippen LogP contribution in [0, 0.1) is 48.5 Å². The summed E-state index contributed by atoms with van der Waals surface area (Å²) in [5, 5.41) is 44.1. The van der Waals surface area contributed by atoms with E-state index in [1.165, 1.54) is 16.7 Å². The fraction of sp³-hybridized carbons (Fsp3) is 0.452. The number of aryl methyl sites for hydroxylation is 5. The number of fused-ring (bicyclic) bond motifs is 6. The van der Waals surface area contributed by atoms with Crippen LogP contribution < -0.4 is 21.3 Å². The Morgan fingerprint density at radius 1 is 0.637 bits per heavy atom. The average molecular weight is 1500 g/mol. The first-order valence-corrected chi connectivity index (χ1v) is 38.5. The molecule has 0 unspecified atom stereocenters. The van der Waals surface area contributed by atoms with Gasteiger partial charge in [-0.1, -0.05) is 84.6 Å². The molecule has 5 atom stereocenters. The minimum atomic E-state index is -1.11. The van der Waals surface area contributed by atoms with Crippen LogP contribution in [0.5, 0.6) is 0 Å². The van der Waals surface area contributed by atoms with E-state index in [4.69, 9.17) is 47.4 Å². The smallest absolute Gasteiger partial charge is 0.247 e. The number of halogens is 2. The van der Waals surface area contributed by atoms with E-state index < -0.39 is 52.7 Å². The minimum absolute atomic E-state index is 0.0333. The molecule has 0 aliphatic carbocycles. The summed E-state index contributed by atoms with van der Waals surface area (Å²) in [4.78, 5) is 89.5. The summed E-state index contributed by atoms with van der Waals surface area (Å²) in [7, 11) is 0. The van der Waals surface area contributed by atoms with E-state index in [2.05, 4.69) is 74.3 Å². The van der Waals surface area contributed by atoms with Crippen LogP contribution in [-0.2, 0) is 44.7 Å². The molecule has 11 rings (SSSR count). The zero-order valence-corrected chi connectivity index (χ0v) is 63.5. The number of carbonyl (C=O) groups is 5. The Hall–Kier alpha value is -7.57. The average Bonchev–Trinajstić information content (AvgIpc) is 1.60. The number of hydrogen-bond donors (Lipinski definition) is 5. The molecule has 1 saturated heterocycles. The molecule has 540 valence electrons. The van der Waals surface area contributed by atoms with Crippen molar-refractivity contribution in [1.82, 2.24) is 60.7 Å². The lowest BCUT2D eigenvalue weighted by Crippen LogP contribution is -2.60. The molecule has 0 saturated carbocycles. The maximum Gasteiger partial charge on any atom is 0.247 e. The molecule has 5 amide bonds. The molecular formula is C73H86Cl2N14O9S4. The van der Waals surface area contributed by atoms with Crippen LogP contribution in [0.2, 0.25) is 10.0 Å². The summed E-state index contributed by atoms with van der Waals surface area (Å²) in [5.41, 5.74) is 12.1. The van der Waals surface area contributed by atoms with E-state index in [9.17, 15) is 29.1 Å². The normalized spacial score (nSPS) is 16.6. The number of hydrogen-bond acceptors (Lipinski definition) is 20. The Bertz CT molecular complexity index is 4370. The molecular weight excluding hydrogens is 1420 g/mol. The molecule has 29 heteroatoms. The largest absolute Gasteiger partial charge is 0.391 e. The zero-order chi connectivity index (χ0) is 72.4. The van der Waals surface area contributed by atoms with Crippen molar-refractivity contribution in [3.63, 3.8) is 0 Å². The fourth-order valence-corrected chi connectivity index (χ4v) is 17.4. The lowest BCUT2D eigenvalue weighted by atomic mass is 9.99. The van der Waals surface area contributed by atoms with E-state index in [1.54, 1.807) is 34.0 Å². The molecule has 102 heavy (non-hydrogen) atoms. The number of aliphatic hydroxyl groups excluding tert-OH is 1. The monoisotopic (exact) mass is 1500 g/mol. The maximum absolute atomic E-state index is 14.9. The predicted octanol–water partition coefficient (Wildman–Crippen LogP) is 10.9. The highest BCUT2D eigenvalue weighted by Crippen LogP contribution is 2.42. The molecule has 5 N–H and O–H groups in total. The molecule has 5 aromatic heterocycles.